The van der Waals surface area contributed by atoms with Gasteiger partial charge in [-0.1, -0.05) is 57.1 Å². The van der Waals surface area contributed by atoms with Crippen LogP contribution in [-0.2, 0) is 11.2 Å². The van der Waals surface area contributed by atoms with Crippen LogP contribution in [0.4, 0.5) is 0 Å². The Bertz CT molecular complexity index is 635. The second kappa shape index (κ2) is 8.02. The SMILES string of the molecule is COc1cccc2c1CCC1C2CC(=O)N1CCCCC1CCCCC1. The summed E-state index contributed by atoms with van der Waals surface area (Å²) in [6.07, 6.45) is 13.8. The third-order valence-electron chi connectivity index (χ3n) is 7.04. The number of hydrogen-bond donors (Lipinski definition) is 0. The summed E-state index contributed by atoms with van der Waals surface area (Å²) in [6, 6.07) is 6.77. The van der Waals surface area contributed by atoms with Crippen LogP contribution in [0, 0.1) is 5.92 Å². The fourth-order valence-corrected chi connectivity index (χ4v) is 5.68. The van der Waals surface area contributed by atoms with Gasteiger partial charge in [-0.25, -0.2) is 0 Å². The van der Waals surface area contributed by atoms with Gasteiger partial charge in [0.2, 0.25) is 5.91 Å². The van der Waals surface area contributed by atoms with Crippen LogP contribution in [0.15, 0.2) is 18.2 Å². The number of amides is 1. The average Bonchev–Trinajstić information content (AvgIpc) is 3.01. The predicted octanol–water partition coefficient (Wildman–Crippen LogP) is 5.08. The van der Waals surface area contributed by atoms with Gasteiger partial charge in [-0.2, -0.15) is 0 Å². The van der Waals surface area contributed by atoms with Gasteiger partial charge in [0.05, 0.1) is 7.11 Å². The lowest BCUT2D eigenvalue weighted by atomic mass is 9.79. The lowest BCUT2D eigenvalue weighted by molar-refractivity contribution is -0.129. The number of rotatable bonds is 6. The number of nitrogens with zero attached hydrogens (tertiary/aromatic N) is 1. The zero-order valence-electron chi connectivity index (χ0n) is 16.2. The molecule has 4 rings (SSSR count). The molecule has 0 aromatic heterocycles. The molecule has 0 N–H and O–H groups in total. The molecule has 2 fully saturated rings. The average molecular weight is 356 g/mol. The molecule has 1 amide bonds. The third-order valence-corrected chi connectivity index (χ3v) is 7.04. The van der Waals surface area contributed by atoms with Gasteiger partial charge in [-0.15, -0.1) is 0 Å². The first-order valence-electron chi connectivity index (χ1n) is 10.7. The number of carbonyl (C=O) groups excluding carboxylic acids is 1. The summed E-state index contributed by atoms with van der Waals surface area (Å²) in [7, 11) is 1.75. The van der Waals surface area contributed by atoms with Crippen molar-refractivity contribution < 1.29 is 9.53 Å². The highest BCUT2D eigenvalue weighted by molar-refractivity contribution is 5.81. The van der Waals surface area contributed by atoms with Crippen molar-refractivity contribution in [2.45, 2.75) is 82.6 Å². The van der Waals surface area contributed by atoms with E-state index in [-0.39, 0.29) is 0 Å². The van der Waals surface area contributed by atoms with E-state index in [2.05, 4.69) is 23.1 Å². The highest BCUT2D eigenvalue weighted by Gasteiger charge is 2.43. The first-order chi connectivity index (χ1) is 12.8. The molecular formula is C23H33NO2. The van der Waals surface area contributed by atoms with E-state index in [4.69, 9.17) is 4.74 Å². The second-order valence-corrected chi connectivity index (χ2v) is 8.53. The summed E-state index contributed by atoms with van der Waals surface area (Å²) in [5, 5.41) is 0. The summed E-state index contributed by atoms with van der Waals surface area (Å²) in [4.78, 5) is 14.9. The Morgan fingerprint density at radius 1 is 1.12 bits per heavy atom. The van der Waals surface area contributed by atoms with E-state index in [1.54, 1.807) is 7.11 Å². The first kappa shape index (κ1) is 17.9. The van der Waals surface area contributed by atoms with Crippen LogP contribution in [0.25, 0.3) is 0 Å². The van der Waals surface area contributed by atoms with Gasteiger partial charge in [-0.05, 0) is 42.4 Å². The number of unbranched alkanes of at least 4 members (excludes halogenated alkanes) is 1. The van der Waals surface area contributed by atoms with E-state index in [1.165, 1.54) is 62.5 Å². The number of benzene rings is 1. The van der Waals surface area contributed by atoms with Gasteiger partial charge in [0.15, 0.2) is 0 Å². The zero-order valence-corrected chi connectivity index (χ0v) is 16.2. The van der Waals surface area contributed by atoms with Gasteiger partial charge >= 0.3 is 0 Å². The molecule has 1 saturated carbocycles. The molecule has 2 atom stereocenters. The van der Waals surface area contributed by atoms with Crippen molar-refractivity contribution in [3.05, 3.63) is 29.3 Å². The predicted molar refractivity (Wildman–Crippen MR) is 105 cm³/mol. The van der Waals surface area contributed by atoms with E-state index in [1.807, 2.05) is 0 Å². The molecule has 1 aliphatic heterocycles. The zero-order chi connectivity index (χ0) is 17.9. The maximum absolute atomic E-state index is 12.7. The molecule has 3 heteroatoms. The molecule has 26 heavy (non-hydrogen) atoms. The Hall–Kier alpha value is -1.51. The third kappa shape index (κ3) is 3.50. The molecule has 0 spiro atoms. The van der Waals surface area contributed by atoms with E-state index in [0.717, 1.165) is 31.1 Å². The monoisotopic (exact) mass is 355 g/mol. The van der Waals surface area contributed by atoms with Gasteiger partial charge in [0, 0.05) is 24.9 Å². The number of likely N-dealkylation sites (tertiary alicyclic amines) is 1. The maximum atomic E-state index is 12.7. The lowest BCUT2D eigenvalue weighted by Crippen LogP contribution is -2.37. The summed E-state index contributed by atoms with van der Waals surface area (Å²) in [5.41, 5.74) is 2.70. The minimum Gasteiger partial charge on any atom is -0.496 e. The molecular weight excluding hydrogens is 322 g/mol. The highest BCUT2D eigenvalue weighted by atomic mass is 16.5. The fourth-order valence-electron chi connectivity index (χ4n) is 5.68. The first-order valence-corrected chi connectivity index (χ1v) is 10.7. The Labute approximate surface area is 158 Å². The van der Waals surface area contributed by atoms with Gasteiger partial charge in [0.1, 0.15) is 5.75 Å². The van der Waals surface area contributed by atoms with E-state index < -0.39 is 0 Å². The Kier molecular flexibility index (Phi) is 5.52. The molecule has 2 aliphatic carbocycles. The number of carbonyl (C=O) groups is 1. The normalized spacial score (nSPS) is 25.9. The van der Waals surface area contributed by atoms with Crippen molar-refractivity contribution in [1.29, 1.82) is 0 Å². The maximum Gasteiger partial charge on any atom is 0.223 e. The molecule has 1 aromatic carbocycles. The standard InChI is InChI=1S/C23H33NO2/c1-26-22-12-7-11-18-19(22)13-14-21-20(18)16-23(25)24(21)15-6-5-10-17-8-3-2-4-9-17/h7,11-12,17,20-21H,2-6,8-10,13-16H2,1H3. The topological polar surface area (TPSA) is 29.5 Å². The lowest BCUT2D eigenvalue weighted by Gasteiger charge is -2.34. The van der Waals surface area contributed by atoms with Crippen LogP contribution >= 0.6 is 0 Å². The van der Waals surface area contributed by atoms with E-state index in [0.29, 0.717) is 24.3 Å². The van der Waals surface area contributed by atoms with E-state index >= 15 is 0 Å². The Morgan fingerprint density at radius 2 is 1.96 bits per heavy atom. The van der Waals surface area contributed by atoms with Gasteiger partial charge < -0.3 is 9.64 Å². The van der Waals surface area contributed by atoms with E-state index in [9.17, 15) is 4.79 Å². The number of hydrogen-bond acceptors (Lipinski definition) is 2. The molecule has 1 aromatic rings. The van der Waals surface area contributed by atoms with Crippen molar-refractivity contribution >= 4 is 5.91 Å². The second-order valence-electron chi connectivity index (χ2n) is 8.53. The molecule has 0 bridgehead atoms. The molecule has 2 unspecified atom stereocenters. The highest BCUT2D eigenvalue weighted by Crippen LogP contribution is 2.44. The van der Waals surface area contributed by atoms with Crippen LogP contribution in [0.3, 0.4) is 0 Å². The smallest absolute Gasteiger partial charge is 0.223 e. The summed E-state index contributed by atoms with van der Waals surface area (Å²) in [6.45, 7) is 0.964. The Balaban J connectivity index is 1.35. The molecule has 1 heterocycles. The Morgan fingerprint density at radius 3 is 2.77 bits per heavy atom. The quantitative estimate of drug-likeness (QED) is 0.666. The minimum atomic E-state index is 0.369. The number of methoxy groups -OCH3 is 1. The van der Waals surface area contributed by atoms with Crippen LogP contribution < -0.4 is 4.74 Å². The van der Waals surface area contributed by atoms with Gasteiger partial charge in [-0.3, -0.25) is 4.79 Å². The summed E-state index contributed by atoms with van der Waals surface area (Å²) >= 11 is 0. The molecule has 3 nitrogen and oxygen atoms in total. The van der Waals surface area contributed by atoms with Crippen LogP contribution in [0.5, 0.6) is 5.75 Å². The summed E-state index contributed by atoms with van der Waals surface area (Å²) < 4.78 is 5.55. The van der Waals surface area contributed by atoms with Crippen LogP contribution in [0.2, 0.25) is 0 Å². The molecule has 0 radical (unpaired) electrons. The number of ether oxygens (including phenoxy) is 1. The van der Waals surface area contributed by atoms with Crippen molar-refractivity contribution in [3.63, 3.8) is 0 Å². The van der Waals surface area contributed by atoms with Crippen LogP contribution in [0.1, 0.15) is 81.3 Å². The van der Waals surface area contributed by atoms with Crippen LogP contribution in [-0.4, -0.2) is 30.5 Å². The van der Waals surface area contributed by atoms with Gasteiger partial charge in [0.25, 0.3) is 0 Å². The minimum absolute atomic E-state index is 0.369. The molecule has 3 aliphatic rings. The van der Waals surface area contributed by atoms with Crippen molar-refractivity contribution in [2.24, 2.45) is 5.92 Å². The van der Waals surface area contributed by atoms with Crippen molar-refractivity contribution in [2.75, 3.05) is 13.7 Å². The van der Waals surface area contributed by atoms with Crippen molar-refractivity contribution in [3.8, 4) is 5.75 Å². The number of fused-ring (bicyclic) bond motifs is 3. The van der Waals surface area contributed by atoms with Crippen molar-refractivity contribution in [1.82, 2.24) is 4.90 Å². The summed E-state index contributed by atoms with van der Waals surface area (Å²) in [5.74, 6) is 2.70. The molecule has 142 valence electrons. The molecule has 1 saturated heterocycles. The fraction of sp³-hybridized carbons (Fsp3) is 0.696. The largest absolute Gasteiger partial charge is 0.496 e.